The van der Waals surface area contributed by atoms with Crippen molar-refractivity contribution in [3.05, 3.63) is 48.8 Å². The number of aromatic nitrogens is 1. The van der Waals surface area contributed by atoms with Gasteiger partial charge >= 0.3 is 0 Å². The van der Waals surface area contributed by atoms with E-state index in [2.05, 4.69) is 4.98 Å². The van der Waals surface area contributed by atoms with Crippen LogP contribution in [0.15, 0.2) is 53.7 Å². The van der Waals surface area contributed by atoms with Crippen LogP contribution in [0.3, 0.4) is 0 Å². The summed E-state index contributed by atoms with van der Waals surface area (Å²) < 4.78 is 39.2. The maximum atomic E-state index is 13.3. The molecule has 2 aliphatic rings. The van der Waals surface area contributed by atoms with Crippen molar-refractivity contribution in [3.8, 4) is 11.5 Å². The molecule has 2 aromatic rings. The van der Waals surface area contributed by atoms with Gasteiger partial charge in [0.2, 0.25) is 10.0 Å². The number of hydrogen-bond donors (Lipinski definition) is 2. The van der Waals surface area contributed by atoms with Crippen molar-refractivity contribution < 1.29 is 27.9 Å². The first-order chi connectivity index (χ1) is 14.3. The van der Waals surface area contributed by atoms with E-state index in [0.717, 1.165) is 17.1 Å². The minimum absolute atomic E-state index is 0.0241. The lowest BCUT2D eigenvalue weighted by molar-refractivity contribution is -0.149. The Morgan fingerprint density at radius 3 is 2.27 bits per heavy atom. The molecule has 1 amide bonds. The number of nitrogens with one attached hydrogen (secondary N) is 1. The zero-order chi connectivity index (χ0) is 21.4. The molecule has 0 spiro atoms. The standard InChI is InChI=1S/C20H23N3O6S/c1-23(20(19(24)22-25)12-16-2-3-17(13-20)29-16)30(26,27)18-6-4-14(5-7-18)28-15-8-10-21-11-9-15/h4-11,16-17,25H,2-3,12-13H2,1H3,(H,22,24)/t16-,17+,20-. The molecular formula is C20H23N3O6S. The maximum absolute atomic E-state index is 13.3. The Morgan fingerprint density at radius 2 is 1.70 bits per heavy atom. The highest BCUT2D eigenvalue weighted by Gasteiger charge is 2.55. The first-order valence-electron chi connectivity index (χ1n) is 9.62. The third kappa shape index (κ3) is 3.67. The number of pyridine rings is 1. The number of likely N-dealkylation sites (N-methyl/N-ethyl adjacent to an activating group) is 1. The molecule has 2 saturated heterocycles. The zero-order valence-electron chi connectivity index (χ0n) is 16.4. The van der Waals surface area contributed by atoms with Gasteiger partial charge in [-0.3, -0.25) is 15.0 Å². The van der Waals surface area contributed by atoms with Crippen LogP contribution >= 0.6 is 0 Å². The number of nitrogens with zero attached hydrogens (tertiary/aromatic N) is 2. The molecule has 1 aromatic heterocycles. The van der Waals surface area contributed by atoms with Crippen LogP contribution < -0.4 is 10.2 Å². The summed E-state index contributed by atoms with van der Waals surface area (Å²) >= 11 is 0. The van der Waals surface area contributed by atoms with E-state index in [1.54, 1.807) is 42.1 Å². The lowest BCUT2D eigenvalue weighted by atomic mass is 9.85. The van der Waals surface area contributed by atoms with Crippen LogP contribution in [0, 0.1) is 0 Å². The quantitative estimate of drug-likeness (QED) is 0.529. The van der Waals surface area contributed by atoms with Crippen LogP contribution in [-0.4, -0.2) is 53.6 Å². The van der Waals surface area contributed by atoms with E-state index in [1.165, 1.54) is 19.2 Å². The van der Waals surface area contributed by atoms with E-state index in [0.29, 0.717) is 11.5 Å². The van der Waals surface area contributed by atoms with Gasteiger partial charge in [-0.25, -0.2) is 13.9 Å². The van der Waals surface area contributed by atoms with Gasteiger partial charge in [-0.2, -0.15) is 4.31 Å². The minimum Gasteiger partial charge on any atom is -0.457 e. The van der Waals surface area contributed by atoms with Crippen molar-refractivity contribution >= 4 is 15.9 Å². The predicted molar refractivity (Wildman–Crippen MR) is 105 cm³/mol. The molecule has 0 radical (unpaired) electrons. The molecule has 1 aromatic carbocycles. The second-order valence-corrected chi connectivity index (χ2v) is 9.54. The number of hydrogen-bond acceptors (Lipinski definition) is 7. The number of sulfonamides is 1. The second-order valence-electron chi connectivity index (χ2n) is 7.57. The fraction of sp³-hybridized carbons (Fsp3) is 0.400. The summed E-state index contributed by atoms with van der Waals surface area (Å²) in [6.45, 7) is 0. The number of ether oxygens (including phenoxy) is 2. The average molecular weight is 433 g/mol. The number of hydroxylamine groups is 1. The molecule has 0 aliphatic carbocycles. The molecule has 2 fully saturated rings. The fourth-order valence-electron chi connectivity index (χ4n) is 4.22. The Labute approximate surface area is 174 Å². The third-order valence-corrected chi connectivity index (χ3v) is 7.76. The van der Waals surface area contributed by atoms with Crippen LogP contribution in [0.5, 0.6) is 11.5 Å². The first kappa shape index (κ1) is 20.7. The minimum atomic E-state index is -4.02. The largest absolute Gasteiger partial charge is 0.457 e. The van der Waals surface area contributed by atoms with E-state index in [1.807, 2.05) is 0 Å². The SMILES string of the molecule is CN([C@]1(C(=O)NO)C[C@H]2CC[C@@H](C1)O2)S(=O)(=O)c1ccc(Oc2ccncc2)cc1. The molecule has 4 rings (SSSR count). The Balaban J connectivity index is 1.60. The van der Waals surface area contributed by atoms with Gasteiger partial charge in [0.05, 0.1) is 17.1 Å². The molecule has 0 unspecified atom stereocenters. The van der Waals surface area contributed by atoms with Crippen molar-refractivity contribution in [2.45, 2.75) is 48.3 Å². The van der Waals surface area contributed by atoms with Crippen molar-refractivity contribution in [2.75, 3.05) is 7.05 Å². The number of rotatable bonds is 6. The Morgan fingerprint density at radius 1 is 1.13 bits per heavy atom. The van der Waals surface area contributed by atoms with E-state index < -0.39 is 21.5 Å². The van der Waals surface area contributed by atoms with Gasteiger partial charge in [0.25, 0.3) is 5.91 Å². The summed E-state index contributed by atoms with van der Waals surface area (Å²) in [6, 6.07) is 9.34. The Bertz CT molecular complexity index is 1000. The van der Waals surface area contributed by atoms with Gasteiger partial charge in [-0.05, 0) is 49.2 Å². The highest BCUT2D eigenvalue weighted by atomic mass is 32.2. The summed E-state index contributed by atoms with van der Waals surface area (Å²) in [5.74, 6) is 0.301. The smallest absolute Gasteiger partial charge is 0.265 e. The Kier molecular flexibility index (Phi) is 5.49. The number of carbonyl (C=O) groups is 1. The Hall–Kier alpha value is -2.53. The molecule has 3 heterocycles. The molecule has 2 aliphatic heterocycles. The number of carbonyl (C=O) groups excluding carboxylic acids is 1. The van der Waals surface area contributed by atoms with E-state index >= 15 is 0 Å². The molecule has 30 heavy (non-hydrogen) atoms. The van der Waals surface area contributed by atoms with Gasteiger partial charge in [0, 0.05) is 32.3 Å². The van der Waals surface area contributed by atoms with Gasteiger partial charge < -0.3 is 9.47 Å². The summed E-state index contributed by atoms with van der Waals surface area (Å²) in [5.41, 5.74) is 0.247. The van der Waals surface area contributed by atoms with Crippen molar-refractivity contribution in [3.63, 3.8) is 0 Å². The zero-order valence-corrected chi connectivity index (χ0v) is 17.2. The van der Waals surface area contributed by atoms with Gasteiger partial charge in [0.1, 0.15) is 17.0 Å². The van der Waals surface area contributed by atoms with Gasteiger partial charge in [-0.15, -0.1) is 0 Å². The van der Waals surface area contributed by atoms with Crippen LogP contribution in [0.25, 0.3) is 0 Å². The van der Waals surface area contributed by atoms with E-state index in [-0.39, 0.29) is 29.9 Å². The van der Waals surface area contributed by atoms with E-state index in [9.17, 15) is 18.4 Å². The summed E-state index contributed by atoms with van der Waals surface area (Å²) in [6.07, 6.45) is 4.67. The molecule has 0 saturated carbocycles. The van der Waals surface area contributed by atoms with Crippen molar-refractivity contribution in [2.24, 2.45) is 0 Å². The lowest BCUT2D eigenvalue weighted by Crippen LogP contribution is -2.62. The summed E-state index contributed by atoms with van der Waals surface area (Å²) in [5, 5.41) is 9.32. The third-order valence-electron chi connectivity index (χ3n) is 5.82. The molecule has 10 heteroatoms. The molecular weight excluding hydrogens is 410 g/mol. The van der Waals surface area contributed by atoms with Crippen LogP contribution in [0.1, 0.15) is 25.7 Å². The summed E-state index contributed by atoms with van der Waals surface area (Å²) in [7, 11) is -2.65. The average Bonchev–Trinajstić information content (AvgIpc) is 3.11. The summed E-state index contributed by atoms with van der Waals surface area (Å²) in [4.78, 5) is 16.6. The second kappa shape index (κ2) is 7.95. The number of amides is 1. The van der Waals surface area contributed by atoms with Crippen LogP contribution in [0.2, 0.25) is 0 Å². The van der Waals surface area contributed by atoms with E-state index in [4.69, 9.17) is 9.47 Å². The first-order valence-corrected chi connectivity index (χ1v) is 11.1. The normalized spacial score (nSPS) is 25.8. The maximum Gasteiger partial charge on any atom is 0.265 e. The van der Waals surface area contributed by atoms with Crippen molar-refractivity contribution in [1.82, 2.24) is 14.8 Å². The fourth-order valence-corrected chi connectivity index (χ4v) is 5.71. The molecule has 160 valence electrons. The monoisotopic (exact) mass is 433 g/mol. The molecule has 2 N–H and O–H groups in total. The van der Waals surface area contributed by atoms with Gasteiger partial charge in [0.15, 0.2) is 0 Å². The highest BCUT2D eigenvalue weighted by Crippen LogP contribution is 2.43. The molecule has 3 atom stereocenters. The van der Waals surface area contributed by atoms with Gasteiger partial charge in [-0.1, -0.05) is 0 Å². The topological polar surface area (TPSA) is 118 Å². The molecule has 2 bridgehead atoms. The lowest BCUT2D eigenvalue weighted by Gasteiger charge is -2.43. The number of fused-ring (bicyclic) bond motifs is 2. The number of benzene rings is 1. The predicted octanol–water partition coefficient (Wildman–Crippen LogP) is 2.08. The van der Waals surface area contributed by atoms with Crippen LogP contribution in [0.4, 0.5) is 0 Å². The van der Waals surface area contributed by atoms with Crippen LogP contribution in [-0.2, 0) is 19.6 Å². The molecule has 9 nitrogen and oxygen atoms in total. The highest BCUT2D eigenvalue weighted by molar-refractivity contribution is 7.89. The van der Waals surface area contributed by atoms with Crippen molar-refractivity contribution in [1.29, 1.82) is 0 Å².